The Hall–Kier alpha value is -1.23. The molecule has 1 aliphatic carbocycles. The lowest BCUT2D eigenvalue weighted by Gasteiger charge is -2.37. The third-order valence-corrected chi connectivity index (χ3v) is 3.75. The molecule has 1 aromatic rings. The van der Waals surface area contributed by atoms with Crippen molar-refractivity contribution >= 4 is 0 Å². The molecule has 19 heavy (non-hydrogen) atoms. The quantitative estimate of drug-likeness (QED) is 0.867. The van der Waals surface area contributed by atoms with Gasteiger partial charge in [-0.05, 0) is 43.4 Å². The minimum atomic E-state index is -4.23. The van der Waals surface area contributed by atoms with E-state index < -0.39 is 17.7 Å². The van der Waals surface area contributed by atoms with E-state index in [0.29, 0.717) is 12.8 Å². The zero-order chi connectivity index (χ0) is 14.1. The van der Waals surface area contributed by atoms with Crippen molar-refractivity contribution in [1.29, 1.82) is 0 Å². The summed E-state index contributed by atoms with van der Waals surface area (Å²) in [5, 5.41) is 19.5. The highest BCUT2D eigenvalue weighted by atomic mass is 19.4. The molecule has 0 saturated heterocycles. The van der Waals surface area contributed by atoms with Crippen molar-refractivity contribution in [3.63, 3.8) is 0 Å². The van der Waals surface area contributed by atoms with Crippen LogP contribution in [0.25, 0.3) is 0 Å². The van der Waals surface area contributed by atoms with Crippen molar-refractivity contribution in [2.45, 2.75) is 43.9 Å². The van der Waals surface area contributed by atoms with Crippen LogP contribution >= 0.6 is 0 Å². The first-order valence-electron chi connectivity index (χ1n) is 6.35. The van der Waals surface area contributed by atoms with Crippen LogP contribution in [-0.2, 0) is 6.42 Å². The van der Waals surface area contributed by atoms with Gasteiger partial charge < -0.3 is 10.2 Å². The molecule has 1 aliphatic rings. The standard InChI is InChI=1S/C14H17F3O2/c15-14(16,17)11-2-1-7-13(19,9-11)8-10-3-5-12(18)6-4-10/h3-6,11,18-19H,1-2,7-9H2. The van der Waals surface area contributed by atoms with E-state index in [1.54, 1.807) is 12.1 Å². The number of rotatable bonds is 2. The van der Waals surface area contributed by atoms with Crippen molar-refractivity contribution in [2.24, 2.45) is 5.92 Å². The Kier molecular flexibility index (Phi) is 3.76. The summed E-state index contributed by atoms with van der Waals surface area (Å²) >= 11 is 0. The molecule has 2 unspecified atom stereocenters. The average Bonchev–Trinajstić information content (AvgIpc) is 2.31. The Labute approximate surface area is 109 Å². The number of aromatic hydroxyl groups is 1. The highest BCUT2D eigenvalue weighted by Gasteiger charge is 2.46. The van der Waals surface area contributed by atoms with E-state index in [1.165, 1.54) is 12.1 Å². The van der Waals surface area contributed by atoms with Gasteiger partial charge in [0, 0.05) is 6.42 Å². The average molecular weight is 274 g/mol. The normalized spacial score (nSPS) is 28.3. The molecule has 2 N–H and O–H groups in total. The van der Waals surface area contributed by atoms with E-state index in [1.807, 2.05) is 0 Å². The van der Waals surface area contributed by atoms with Crippen LogP contribution in [0.2, 0.25) is 0 Å². The Balaban J connectivity index is 2.07. The molecular formula is C14H17F3O2. The lowest BCUT2D eigenvalue weighted by atomic mass is 9.75. The van der Waals surface area contributed by atoms with Crippen LogP contribution in [0.15, 0.2) is 24.3 Å². The lowest BCUT2D eigenvalue weighted by molar-refractivity contribution is -0.200. The predicted molar refractivity (Wildman–Crippen MR) is 64.8 cm³/mol. The molecule has 0 aromatic heterocycles. The summed E-state index contributed by atoms with van der Waals surface area (Å²) < 4.78 is 38.2. The third-order valence-electron chi connectivity index (χ3n) is 3.75. The molecule has 1 fully saturated rings. The van der Waals surface area contributed by atoms with Crippen LogP contribution in [0.1, 0.15) is 31.2 Å². The van der Waals surface area contributed by atoms with Gasteiger partial charge in [0.1, 0.15) is 5.75 Å². The third kappa shape index (κ3) is 3.62. The first kappa shape index (κ1) is 14.2. The summed E-state index contributed by atoms with van der Waals surface area (Å²) in [5.74, 6) is -1.31. The van der Waals surface area contributed by atoms with Gasteiger partial charge >= 0.3 is 6.18 Å². The Bertz CT molecular complexity index is 427. The summed E-state index contributed by atoms with van der Waals surface area (Å²) in [7, 11) is 0. The molecule has 0 amide bonds. The van der Waals surface area contributed by atoms with Crippen molar-refractivity contribution in [2.75, 3.05) is 0 Å². The monoisotopic (exact) mass is 274 g/mol. The maximum Gasteiger partial charge on any atom is 0.391 e. The molecule has 106 valence electrons. The fraction of sp³-hybridized carbons (Fsp3) is 0.571. The highest BCUT2D eigenvalue weighted by molar-refractivity contribution is 5.27. The van der Waals surface area contributed by atoms with E-state index in [0.717, 1.165) is 5.56 Å². The van der Waals surface area contributed by atoms with E-state index in [-0.39, 0.29) is 25.0 Å². The molecular weight excluding hydrogens is 257 g/mol. The Morgan fingerprint density at radius 2 is 1.84 bits per heavy atom. The minimum absolute atomic E-state index is 0.0986. The summed E-state index contributed by atoms with van der Waals surface area (Å²) in [6.45, 7) is 0. The van der Waals surface area contributed by atoms with Gasteiger partial charge in [-0.2, -0.15) is 13.2 Å². The minimum Gasteiger partial charge on any atom is -0.508 e. The van der Waals surface area contributed by atoms with Crippen molar-refractivity contribution in [3.05, 3.63) is 29.8 Å². The molecule has 2 nitrogen and oxygen atoms in total. The summed E-state index contributed by atoms with van der Waals surface area (Å²) in [6.07, 6.45) is -3.40. The fourth-order valence-corrected chi connectivity index (χ4v) is 2.77. The zero-order valence-electron chi connectivity index (χ0n) is 10.5. The predicted octanol–water partition coefficient (Wildman–Crippen LogP) is 3.42. The first-order chi connectivity index (χ1) is 8.78. The number of phenolic OH excluding ortho intramolecular Hbond substituents is 1. The second-order valence-corrected chi connectivity index (χ2v) is 5.40. The largest absolute Gasteiger partial charge is 0.508 e. The summed E-state index contributed by atoms with van der Waals surface area (Å²) in [6, 6.07) is 6.21. The molecule has 0 heterocycles. The second-order valence-electron chi connectivity index (χ2n) is 5.40. The molecule has 0 bridgehead atoms. The molecule has 0 aliphatic heterocycles. The van der Waals surface area contributed by atoms with Gasteiger partial charge in [-0.3, -0.25) is 0 Å². The van der Waals surface area contributed by atoms with Crippen LogP contribution in [0.3, 0.4) is 0 Å². The molecule has 1 aromatic carbocycles. The maximum absolute atomic E-state index is 12.7. The van der Waals surface area contributed by atoms with Gasteiger partial charge in [-0.1, -0.05) is 12.1 Å². The van der Waals surface area contributed by atoms with Crippen LogP contribution in [0, 0.1) is 5.92 Å². The number of halogens is 3. The Morgan fingerprint density at radius 3 is 2.42 bits per heavy atom. The van der Waals surface area contributed by atoms with Crippen LogP contribution < -0.4 is 0 Å². The van der Waals surface area contributed by atoms with E-state index >= 15 is 0 Å². The lowest BCUT2D eigenvalue weighted by Crippen LogP contribution is -2.41. The van der Waals surface area contributed by atoms with Gasteiger partial charge in [0.2, 0.25) is 0 Å². The molecule has 2 rings (SSSR count). The van der Waals surface area contributed by atoms with Gasteiger partial charge in [0.25, 0.3) is 0 Å². The SMILES string of the molecule is Oc1ccc(CC2(O)CCCC(C(F)(F)F)C2)cc1. The van der Waals surface area contributed by atoms with Crippen molar-refractivity contribution in [3.8, 4) is 5.75 Å². The zero-order valence-corrected chi connectivity index (χ0v) is 10.5. The molecule has 1 saturated carbocycles. The summed E-state index contributed by atoms with van der Waals surface area (Å²) in [5.41, 5.74) is -0.557. The van der Waals surface area contributed by atoms with Crippen molar-refractivity contribution < 1.29 is 23.4 Å². The van der Waals surface area contributed by atoms with Gasteiger partial charge in [0.05, 0.1) is 11.5 Å². The molecule has 0 spiro atoms. The number of hydrogen-bond donors (Lipinski definition) is 2. The second kappa shape index (κ2) is 5.04. The van der Waals surface area contributed by atoms with E-state index in [2.05, 4.69) is 0 Å². The number of hydrogen-bond acceptors (Lipinski definition) is 2. The molecule has 0 radical (unpaired) electrons. The van der Waals surface area contributed by atoms with E-state index in [9.17, 15) is 18.3 Å². The number of phenols is 1. The van der Waals surface area contributed by atoms with Crippen molar-refractivity contribution in [1.82, 2.24) is 0 Å². The van der Waals surface area contributed by atoms with Crippen LogP contribution in [0.5, 0.6) is 5.75 Å². The summed E-state index contributed by atoms with van der Waals surface area (Å²) in [4.78, 5) is 0. The Morgan fingerprint density at radius 1 is 1.21 bits per heavy atom. The van der Waals surface area contributed by atoms with Gasteiger partial charge in [0.15, 0.2) is 0 Å². The number of benzene rings is 1. The topological polar surface area (TPSA) is 40.5 Å². The van der Waals surface area contributed by atoms with E-state index in [4.69, 9.17) is 5.11 Å². The number of alkyl halides is 3. The van der Waals surface area contributed by atoms with Crippen LogP contribution in [-0.4, -0.2) is 22.0 Å². The van der Waals surface area contributed by atoms with Gasteiger partial charge in [-0.25, -0.2) is 0 Å². The number of aliphatic hydroxyl groups is 1. The van der Waals surface area contributed by atoms with Gasteiger partial charge in [-0.15, -0.1) is 0 Å². The smallest absolute Gasteiger partial charge is 0.391 e. The molecule has 5 heteroatoms. The van der Waals surface area contributed by atoms with Crippen LogP contribution in [0.4, 0.5) is 13.2 Å². The highest BCUT2D eigenvalue weighted by Crippen LogP contribution is 2.42. The maximum atomic E-state index is 12.7. The fourth-order valence-electron chi connectivity index (χ4n) is 2.77. The first-order valence-corrected chi connectivity index (χ1v) is 6.35. The molecule has 2 atom stereocenters.